The van der Waals surface area contributed by atoms with Crippen LogP contribution in [0.4, 0.5) is 5.82 Å². The van der Waals surface area contributed by atoms with Gasteiger partial charge in [-0.15, -0.1) is 0 Å². The Morgan fingerprint density at radius 3 is 3.00 bits per heavy atom. The molecule has 0 bridgehead atoms. The molecule has 2 heterocycles. The Balaban J connectivity index is 1.92. The van der Waals surface area contributed by atoms with Crippen molar-refractivity contribution in [3.63, 3.8) is 0 Å². The van der Waals surface area contributed by atoms with Gasteiger partial charge in [0.05, 0.1) is 0 Å². The van der Waals surface area contributed by atoms with Crippen LogP contribution in [0.3, 0.4) is 0 Å². The summed E-state index contributed by atoms with van der Waals surface area (Å²) in [5.41, 5.74) is 2.32. The van der Waals surface area contributed by atoms with E-state index in [1.54, 1.807) is 6.20 Å². The molecule has 2 aromatic rings. The average molecular weight is 229 g/mol. The molecule has 0 aliphatic rings. The Morgan fingerprint density at radius 1 is 1.29 bits per heavy atom. The highest BCUT2D eigenvalue weighted by molar-refractivity contribution is 5.65. The second kappa shape index (κ2) is 6.09. The number of pyridine rings is 1. The molecular formula is C14H19N3. The lowest BCUT2D eigenvalue weighted by molar-refractivity contribution is 0.742. The minimum Gasteiger partial charge on any atom is -0.372 e. The molecule has 0 spiro atoms. The van der Waals surface area contributed by atoms with Crippen LogP contribution in [0.2, 0.25) is 0 Å². The molecule has 0 radical (unpaired) electrons. The van der Waals surface area contributed by atoms with Gasteiger partial charge in [0.25, 0.3) is 0 Å². The lowest BCUT2D eigenvalue weighted by Crippen LogP contribution is -2.00. The molecule has 0 saturated heterocycles. The second-order valence-corrected chi connectivity index (χ2v) is 4.18. The van der Waals surface area contributed by atoms with Crippen LogP contribution in [-0.2, 0) is 0 Å². The third-order valence-corrected chi connectivity index (χ3v) is 2.77. The van der Waals surface area contributed by atoms with Crippen molar-refractivity contribution in [1.29, 1.82) is 0 Å². The number of H-pyrrole nitrogens is 1. The number of rotatable bonds is 6. The zero-order valence-corrected chi connectivity index (χ0v) is 10.2. The molecule has 2 aromatic heterocycles. The molecule has 90 valence electrons. The van der Waals surface area contributed by atoms with Crippen LogP contribution in [0, 0.1) is 0 Å². The first-order valence-electron chi connectivity index (χ1n) is 6.23. The maximum Gasteiger partial charge on any atom is 0.103 e. The van der Waals surface area contributed by atoms with Crippen molar-refractivity contribution in [2.24, 2.45) is 0 Å². The number of aromatic nitrogens is 2. The van der Waals surface area contributed by atoms with E-state index in [4.69, 9.17) is 0 Å². The Kier molecular flexibility index (Phi) is 4.19. The fourth-order valence-electron chi connectivity index (χ4n) is 1.79. The minimum absolute atomic E-state index is 1.03. The number of aromatic amines is 1. The smallest absolute Gasteiger partial charge is 0.103 e. The first-order chi connectivity index (χ1) is 8.40. The topological polar surface area (TPSA) is 40.7 Å². The van der Waals surface area contributed by atoms with Crippen LogP contribution in [0.25, 0.3) is 11.1 Å². The highest BCUT2D eigenvalue weighted by Gasteiger charge is 2.00. The summed E-state index contributed by atoms with van der Waals surface area (Å²) in [6.07, 6.45) is 9.44. The summed E-state index contributed by atoms with van der Waals surface area (Å²) in [4.78, 5) is 7.36. The highest BCUT2D eigenvalue weighted by atomic mass is 15.0. The van der Waals surface area contributed by atoms with Crippen LogP contribution < -0.4 is 5.32 Å². The summed E-state index contributed by atoms with van der Waals surface area (Å²) in [6.45, 7) is 3.25. The molecule has 0 aromatic carbocycles. The van der Waals surface area contributed by atoms with Gasteiger partial charge in [0, 0.05) is 36.3 Å². The SMILES string of the molecule is CCCCCNc1cc(-c2cccnc2)c[nH]1. The third kappa shape index (κ3) is 3.34. The number of nitrogens with one attached hydrogen (secondary N) is 2. The van der Waals surface area contributed by atoms with Gasteiger partial charge in [0.15, 0.2) is 0 Å². The van der Waals surface area contributed by atoms with Gasteiger partial charge in [0.2, 0.25) is 0 Å². The van der Waals surface area contributed by atoms with E-state index in [1.807, 2.05) is 18.5 Å². The third-order valence-electron chi connectivity index (χ3n) is 2.77. The quantitative estimate of drug-likeness (QED) is 0.742. The Hall–Kier alpha value is -1.77. The van der Waals surface area contributed by atoms with Crippen molar-refractivity contribution in [3.05, 3.63) is 36.8 Å². The standard InChI is InChI=1S/C14H19N3/c1-2-3-4-8-16-14-9-13(11-17-14)12-6-5-7-15-10-12/h5-7,9-11,16-17H,2-4,8H2,1H3. The van der Waals surface area contributed by atoms with Gasteiger partial charge in [-0.2, -0.15) is 0 Å². The summed E-state index contributed by atoms with van der Waals surface area (Å²) in [5.74, 6) is 1.08. The summed E-state index contributed by atoms with van der Waals surface area (Å²) in [6, 6.07) is 6.15. The molecule has 17 heavy (non-hydrogen) atoms. The van der Waals surface area contributed by atoms with Gasteiger partial charge in [-0.3, -0.25) is 4.98 Å². The van der Waals surface area contributed by atoms with E-state index in [-0.39, 0.29) is 0 Å². The van der Waals surface area contributed by atoms with Crippen LogP contribution >= 0.6 is 0 Å². The maximum atomic E-state index is 4.12. The van der Waals surface area contributed by atoms with Crippen LogP contribution in [-0.4, -0.2) is 16.5 Å². The molecule has 0 saturated carbocycles. The summed E-state index contributed by atoms with van der Waals surface area (Å²) in [7, 11) is 0. The fraction of sp³-hybridized carbons (Fsp3) is 0.357. The molecule has 0 unspecified atom stereocenters. The van der Waals surface area contributed by atoms with Crippen molar-refractivity contribution >= 4 is 5.82 Å². The van der Waals surface area contributed by atoms with Crippen LogP contribution in [0.15, 0.2) is 36.8 Å². The average Bonchev–Trinajstić information content (AvgIpc) is 2.85. The summed E-state index contributed by atoms with van der Waals surface area (Å²) >= 11 is 0. The lowest BCUT2D eigenvalue weighted by atomic mass is 10.1. The van der Waals surface area contributed by atoms with E-state index in [0.29, 0.717) is 0 Å². The van der Waals surface area contributed by atoms with E-state index in [2.05, 4.69) is 34.3 Å². The molecule has 0 fully saturated rings. The normalized spacial score (nSPS) is 10.4. The zero-order valence-electron chi connectivity index (χ0n) is 10.2. The molecule has 0 aliphatic heterocycles. The van der Waals surface area contributed by atoms with Gasteiger partial charge in [-0.25, -0.2) is 0 Å². The number of hydrogen-bond acceptors (Lipinski definition) is 2. The van der Waals surface area contributed by atoms with Gasteiger partial charge in [-0.1, -0.05) is 25.8 Å². The molecule has 0 amide bonds. The van der Waals surface area contributed by atoms with Gasteiger partial charge in [0.1, 0.15) is 5.82 Å². The predicted octanol–water partition coefficient (Wildman–Crippen LogP) is 3.68. The molecule has 3 nitrogen and oxygen atoms in total. The summed E-state index contributed by atoms with van der Waals surface area (Å²) < 4.78 is 0. The predicted molar refractivity (Wildman–Crippen MR) is 72.0 cm³/mol. The van der Waals surface area contributed by atoms with Gasteiger partial charge >= 0.3 is 0 Å². The van der Waals surface area contributed by atoms with Crippen molar-refractivity contribution in [1.82, 2.24) is 9.97 Å². The molecular weight excluding hydrogens is 210 g/mol. The van der Waals surface area contributed by atoms with Crippen molar-refractivity contribution < 1.29 is 0 Å². The molecule has 0 atom stereocenters. The minimum atomic E-state index is 1.03. The molecule has 3 heteroatoms. The monoisotopic (exact) mass is 229 g/mol. The van der Waals surface area contributed by atoms with Crippen LogP contribution in [0.5, 0.6) is 0 Å². The van der Waals surface area contributed by atoms with Gasteiger partial charge < -0.3 is 10.3 Å². The zero-order chi connectivity index (χ0) is 11.9. The van der Waals surface area contributed by atoms with Crippen molar-refractivity contribution in [2.45, 2.75) is 26.2 Å². The lowest BCUT2D eigenvalue weighted by Gasteiger charge is -2.01. The summed E-state index contributed by atoms with van der Waals surface area (Å²) in [5, 5.41) is 3.39. The molecule has 2 N–H and O–H groups in total. The van der Waals surface area contributed by atoms with Gasteiger partial charge in [-0.05, 0) is 18.6 Å². The van der Waals surface area contributed by atoms with E-state index in [1.165, 1.54) is 24.8 Å². The molecule has 0 aliphatic carbocycles. The second-order valence-electron chi connectivity index (χ2n) is 4.18. The van der Waals surface area contributed by atoms with Crippen molar-refractivity contribution in [3.8, 4) is 11.1 Å². The van der Waals surface area contributed by atoms with E-state index in [0.717, 1.165) is 17.9 Å². The van der Waals surface area contributed by atoms with E-state index in [9.17, 15) is 0 Å². The number of anilines is 1. The first kappa shape index (κ1) is 11.7. The van der Waals surface area contributed by atoms with E-state index >= 15 is 0 Å². The van der Waals surface area contributed by atoms with Crippen LogP contribution in [0.1, 0.15) is 26.2 Å². The van der Waals surface area contributed by atoms with Crippen molar-refractivity contribution in [2.75, 3.05) is 11.9 Å². The first-order valence-corrected chi connectivity index (χ1v) is 6.23. The maximum absolute atomic E-state index is 4.12. The number of hydrogen-bond donors (Lipinski definition) is 2. The largest absolute Gasteiger partial charge is 0.372 e. The Labute approximate surface area is 102 Å². The number of unbranched alkanes of at least 4 members (excludes halogenated alkanes) is 2. The van der Waals surface area contributed by atoms with E-state index < -0.39 is 0 Å². The Morgan fingerprint density at radius 2 is 2.24 bits per heavy atom. The highest BCUT2D eigenvalue weighted by Crippen LogP contribution is 2.21. The Bertz CT molecular complexity index is 434. The fourth-order valence-corrected chi connectivity index (χ4v) is 1.79. The molecule has 2 rings (SSSR count). The number of nitrogens with zero attached hydrogens (tertiary/aromatic N) is 1.